The first-order chi connectivity index (χ1) is 16.4. The first-order valence-electron chi connectivity index (χ1n) is 15.3. The van der Waals surface area contributed by atoms with E-state index >= 15 is 0 Å². The van der Waals surface area contributed by atoms with Crippen molar-refractivity contribution in [1.29, 1.82) is 0 Å². The molecule has 4 aliphatic carbocycles. The Bertz CT molecular complexity index is 543. The molecule has 0 spiro atoms. The maximum Gasteiger partial charge on any atom is 0.0483 e. The normalized spacial score (nSPS) is 39.6. The fraction of sp³-hybridized carbons (Fsp3) is 0.938. The van der Waals surface area contributed by atoms with Crippen molar-refractivity contribution in [3.63, 3.8) is 0 Å². The van der Waals surface area contributed by atoms with Gasteiger partial charge in [0.1, 0.15) is 0 Å². The molecule has 34 heavy (non-hydrogen) atoms. The van der Waals surface area contributed by atoms with Gasteiger partial charge < -0.3 is 0 Å². The van der Waals surface area contributed by atoms with Crippen LogP contribution in [-0.2, 0) is 0 Å². The molecular weight excluding hydrogens is 435 g/mol. The molecular formula is C32H63FS. The highest BCUT2D eigenvalue weighted by atomic mass is 32.2. The predicted octanol–water partition coefficient (Wildman–Crippen LogP) is 12.1. The van der Waals surface area contributed by atoms with Crippen LogP contribution in [-0.4, -0.2) is 5.25 Å². The summed E-state index contributed by atoms with van der Waals surface area (Å²) in [7, 11) is 0. The highest BCUT2D eigenvalue weighted by molar-refractivity contribution is 7.95. The Kier molecular flexibility index (Phi) is 16.7. The SMILES string of the molecule is C=C1CC2CCCCC2(C)C2CC(SF)C3(C)C(CC)CCC3C12.CC.CC.CC.CCCC. The quantitative estimate of drug-likeness (QED) is 0.348. The van der Waals surface area contributed by atoms with E-state index in [4.69, 9.17) is 0 Å². The minimum absolute atomic E-state index is 0.191. The fourth-order valence-corrected chi connectivity index (χ4v) is 8.86. The van der Waals surface area contributed by atoms with Crippen molar-refractivity contribution in [1.82, 2.24) is 0 Å². The molecule has 0 amide bonds. The Morgan fingerprint density at radius 2 is 1.47 bits per heavy atom. The average Bonchev–Trinajstić information content (AvgIpc) is 3.24. The summed E-state index contributed by atoms with van der Waals surface area (Å²) in [4.78, 5) is 0. The fourth-order valence-electron chi connectivity index (χ4n) is 8.02. The Hall–Kier alpha value is 0.0200. The summed E-state index contributed by atoms with van der Waals surface area (Å²) < 4.78 is 14.2. The molecule has 4 aliphatic rings. The lowest BCUT2D eigenvalue weighted by molar-refractivity contribution is -0.0819. The van der Waals surface area contributed by atoms with E-state index in [1.165, 1.54) is 64.2 Å². The Morgan fingerprint density at radius 3 is 1.97 bits per heavy atom. The van der Waals surface area contributed by atoms with E-state index in [0.717, 1.165) is 12.3 Å². The van der Waals surface area contributed by atoms with Gasteiger partial charge in [-0.15, -0.1) is 0 Å². The third kappa shape index (κ3) is 6.66. The molecule has 4 saturated carbocycles. The van der Waals surface area contributed by atoms with Crippen molar-refractivity contribution in [2.75, 3.05) is 0 Å². The van der Waals surface area contributed by atoms with Crippen molar-refractivity contribution < 1.29 is 3.89 Å². The molecule has 0 N–H and O–H groups in total. The molecule has 0 saturated heterocycles. The molecule has 8 unspecified atom stereocenters. The van der Waals surface area contributed by atoms with Crippen molar-refractivity contribution >= 4 is 12.1 Å². The zero-order valence-corrected chi connectivity index (χ0v) is 26.1. The molecule has 0 nitrogen and oxygen atoms in total. The molecule has 0 aromatic carbocycles. The summed E-state index contributed by atoms with van der Waals surface area (Å²) >= 11 is 0.706. The van der Waals surface area contributed by atoms with Crippen molar-refractivity contribution in [3.8, 4) is 0 Å². The van der Waals surface area contributed by atoms with E-state index in [9.17, 15) is 3.89 Å². The second-order valence-corrected chi connectivity index (χ2v) is 11.7. The van der Waals surface area contributed by atoms with Crippen molar-refractivity contribution in [3.05, 3.63) is 12.2 Å². The molecule has 0 aromatic heterocycles. The van der Waals surface area contributed by atoms with Gasteiger partial charge in [0.2, 0.25) is 0 Å². The molecule has 0 aliphatic heterocycles. The van der Waals surface area contributed by atoms with Gasteiger partial charge in [-0.1, -0.05) is 120 Å². The van der Waals surface area contributed by atoms with Crippen molar-refractivity contribution in [2.24, 2.45) is 40.4 Å². The van der Waals surface area contributed by atoms with E-state index in [0.29, 0.717) is 41.2 Å². The highest BCUT2D eigenvalue weighted by Gasteiger charge is 2.63. The van der Waals surface area contributed by atoms with Gasteiger partial charge in [-0.05, 0) is 78.9 Å². The molecule has 0 aromatic rings. The molecule has 0 heterocycles. The molecule has 4 fully saturated rings. The zero-order chi connectivity index (χ0) is 26.5. The largest absolute Gasteiger partial charge is 0.165 e. The minimum Gasteiger partial charge on any atom is -0.165 e. The van der Waals surface area contributed by atoms with E-state index < -0.39 is 0 Å². The first-order valence-corrected chi connectivity index (χ1v) is 16.1. The molecule has 4 rings (SSSR count). The van der Waals surface area contributed by atoms with Crippen molar-refractivity contribution in [2.45, 2.75) is 152 Å². The maximum absolute atomic E-state index is 14.2. The number of hydrogen-bond acceptors (Lipinski definition) is 1. The van der Waals surface area contributed by atoms with Crippen LogP contribution in [0, 0.1) is 40.4 Å². The van der Waals surface area contributed by atoms with Crippen LogP contribution in [0.4, 0.5) is 3.89 Å². The zero-order valence-electron chi connectivity index (χ0n) is 25.2. The summed E-state index contributed by atoms with van der Waals surface area (Å²) in [5.74, 6) is 3.57. The van der Waals surface area contributed by atoms with Crippen LogP contribution in [0.15, 0.2) is 12.2 Å². The Balaban J connectivity index is 0.000000955. The summed E-state index contributed by atoms with van der Waals surface area (Å²) in [6.07, 6.45) is 14.4. The first kappa shape index (κ1) is 34.0. The summed E-state index contributed by atoms with van der Waals surface area (Å²) in [5, 5.41) is 0.210. The van der Waals surface area contributed by atoms with Gasteiger partial charge in [0.05, 0.1) is 0 Å². The van der Waals surface area contributed by atoms with Crippen LogP contribution >= 0.6 is 12.1 Å². The van der Waals surface area contributed by atoms with E-state index in [1.54, 1.807) is 5.57 Å². The van der Waals surface area contributed by atoms with Gasteiger partial charge in [-0.2, -0.15) is 3.89 Å². The minimum atomic E-state index is 0.191. The lowest BCUT2D eigenvalue weighted by Crippen LogP contribution is -2.57. The maximum atomic E-state index is 14.2. The molecule has 0 bridgehead atoms. The van der Waals surface area contributed by atoms with E-state index in [1.807, 2.05) is 41.5 Å². The third-order valence-corrected chi connectivity index (χ3v) is 10.8. The standard InChI is InChI=1S/C22H35FS.C4H10.3C2H6/c1-5-15-9-10-17-20-14(2)12-16-8-6-7-11-21(16,3)18(20)13-19(24-23)22(15,17)4;1-3-4-2;3*1-2/h15-20H,2,5-13H2,1,3-4H3;3-4H2,1-2H3;3*1-2H3. The van der Waals surface area contributed by atoms with Gasteiger partial charge >= 0.3 is 0 Å². The lowest BCUT2D eigenvalue weighted by Gasteiger charge is -2.62. The van der Waals surface area contributed by atoms with Crippen LogP contribution in [0.25, 0.3) is 0 Å². The lowest BCUT2D eigenvalue weighted by atomic mass is 9.44. The highest BCUT2D eigenvalue weighted by Crippen LogP contribution is 2.70. The Labute approximate surface area is 220 Å². The van der Waals surface area contributed by atoms with Crippen LogP contribution in [0.3, 0.4) is 0 Å². The monoisotopic (exact) mass is 498 g/mol. The summed E-state index contributed by atoms with van der Waals surface area (Å²) in [6.45, 7) is 28.3. The number of rotatable bonds is 3. The predicted molar refractivity (Wildman–Crippen MR) is 157 cm³/mol. The molecule has 204 valence electrons. The van der Waals surface area contributed by atoms with Gasteiger partial charge in [0.15, 0.2) is 0 Å². The van der Waals surface area contributed by atoms with Crippen LogP contribution < -0.4 is 0 Å². The summed E-state index contributed by atoms with van der Waals surface area (Å²) in [6, 6.07) is 0. The second-order valence-electron chi connectivity index (χ2n) is 10.9. The Morgan fingerprint density at radius 1 is 0.882 bits per heavy atom. The molecule has 8 atom stereocenters. The topological polar surface area (TPSA) is 0 Å². The van der Waals surface area contributed by atoms with Gasteiger partial charge in [0, 0.05) is 17.4 Å². The third-order valence-electron chi connectivity index (χ3n) is 9.91. The van der Waals surface area contributed by atoms with Crippen LogP contribution in [0.2, 0.25) is 0 Å². The van der Waals surface area contributed by atoms with Crippen LogP contribution in [0.1, 0.15) is 147 Å². The van der Waals surface area contributed by atoms with E-state index in [-0.39, 0.29) is 10.7 Å². The average molecular weight is 499 g/mol. The van der Waals surface area contributed by atoms with Gasteiger partial charge in [-0.25, -0.2) is 0 Å². The second kappa shape index (κ2) is 16.7. The number of unbranched alkanes of at least 4 members (excludes halogenated alkanes) is 1. The van der Waals surface area contributed by atoms with Crippen LogP contribution in [0.5, 0.6) is 0 Å². The van der Waals surface area contributed by atoms with Gasteiger partial charge in [-0.3, -0.25) is 0 Å². The van der Waals surface area contributed by atoms with E-state index in [2.05, 4.69) is 41.2 Å². The number of fused-ring (bicyclic) bond motifs is 5. The molecule has 2 heteroatoms. The number of hydrogen-bond donors (Lipinski definition) is 0. The smallest absolute Gasteiger partial charge is 0.0483 e. The summed E-state index contributed by atoms with van der Waals surface area (Å²) in [5.41, 5.74) is 2.18. The number of allylic oxidation sites excluding steroid dienone is 1. The molecule has 0 radical (unpaired) electrons. The number of halogens is 1. The van der Waals surface area contributed by atoms with Gasteiger partial charge in [0.25, 0.3) is 0 Å².